The molecule has 2 N–H and O–H groups in total. The van der Waals surface area contributed by atoms with Crippen molar-refractivity contribution in [3.8, 4) is 11.4 Å². The molecule has 1 heterocycles. The molecular formula is C13H15N3. The number of nitrogen functional groups attached to an aromatic ring is 1. The predicted molar refractivity (Wildman–Crippen MR) is 66.1 cm³/mol. The Morgan fingerprint density at radius 2 is 1.81 bits per heavy atom. The van der Waals surface area contributed by atoms with Crippen LogP contribution in [0.1, 0.15) is 16.7 Å². The van der Waals surface area contributed by atoms with Crippen LogP contribution in [0.2, 0.25) is 0 Å². The topological polar surface area (TPSA) is 51.8 Å². The zero-order valence-electron chi connectivity index (χ0n) is 9.78. The second-order valence-corrected chi connectivity index (χ2v) is 4.08. The largest absolute Gasteiger partial charge is 0.383 e. The summed E-state index contributed by atoms with van der Waals surface area (Å²) in [5.74, 6) is 1.24. The summed E-state index contributed by atoms with van der Waals surface area (Å²) in [6, 6.07) is 6.21. The number of aromatic nitrogens is 2. The van der Waals surface area contributed by atoms with E-state index >= 15 is 0 Å². The van der Waals surface area contributed by atoms with Gasteiger partial charge in [-0.2, -0.15) is 0 Å². The van der Waals surface area contributed by atoms with E-state index in [0.29, 0.717) is 11.6 Å². The minimum atomic E-state index is 0.546. The molecule has 0 atom stereocenters. The van der Waals surface area contributed by atoms with Gasteiger partial charge in [-0.3, -0.25) is 0 Å². The molecular weight excluding hydrogens is 198 g/mol. The summed E-state index contributed by atoms with van der Waals surface area (Å²) in [6.07, 6.45) is 1.76. The van der Waals surface area contributed by atoms with Crippen LogP contribution in [0, 0.1) is 20.8 Å². The first-order valence-electron chi connectivity index (χ1n) is 5.24. The van der Waals surface area contributed by atoms with E-state index in [9.17, 15) is 0 Å². The third kappa shape index (κ3) is 1.89. The molecule has 0 unspecified atom stereocenters. The van der Waals surface area contributed by atoms with Gasteiger partial charge in [0.15, 0.2) is 5.82 Å². The van der Waals surface area contributed by atoms with E-state index in [-0.39, 0.29) is 0 Å². The van der Waals surface area contributed by atoms with Crippen molar-refractivity contribution in [1.29, 1.82) is 0 Å². The summed E-state index contributed by atoms with van der Waals surface area (Å²) in [5, 5.41) is 0. The molecule has 2 aromatic rings. The maximum atomic E-state index is 5.79. The zero-order valence-corrected chi connectivity index (χ0v) is 9.78. The summed E-state index contributed by atoms with van der Waals surface area (Å²) in [5.41, 5.74) is 10.1. The summed E-state index contributed by atoms with van der Waals surface area (Å²) in [6.45, 7) is 6.03. The van der Waals surface area contributed by atoms with E-state index in [1.54, 1.807) is 6.20 Å². The van der Waals surface area contributed by atoms with Gasteiger partial charge in [-0.25, -0.2) is 9.97 Å². The predicted octanol–water partition coefficient (Wildman–Crippen LogP) is 2.65. The molecule has 16 heavy (non-hydrogen) atoms. The lowest BCUT2D eigenvalue weighted by atomic mass is 10.1. The van der Waals surface area contributed by atoms with Gasteiger partial charge in [-0.15, -0.1) is 0 Å². The van der Waals surface area contributed by atoms with Crippen molar-refractivity contribution < 1.29 is 0 Å². The second kappa shape index (κ2) is 3.93. The highest BCUT2D eigenvalue weighted by molar-refractivity contribution is 5.62. The van der Waals surface area contributed by atoms with E-state index < -0.39 is 0 Å². The van der Waals surface area contributed by atoms with Crippen molar-refractivity contribution in [3.05, 3.63) is 41.1 Å². The number of rotatable bonds is 1. The molecule has 82 valence electrons. The molecule has 0 fully saturated rings. The molecule has 0 radical (unpaired) electrons. The molecule has 3 nitrogen and oxygen atoms in total. The van der Waals surface area contributed by atoms with Crippen LogP contribution >= 0.6 is 0 Å². The summed E-state index contributed by atoms with van der Waals surface area (Å²) < 4.78 is 0. The lowest BCUT2D eigenvalue weighted by molar-refractivity contribution is 1.14. The van der Waals surface area contributed by atoms with Crippen molar-refractivity contribution in [1.82, 2.24) is 9.97 Å². The molecule has 1 aromatic carbocycles. The van der Waals surface area contributed by atoms with Gasteiger partial charge >= 0.3 is 0 Å². The van der Waals surface area contributed by atoms with Crippen molar-refractivity contribution in [2.45, 2.75) is 20.8 Å². The van der Waals surface area contributed by atoms with Crippen molar-refractivity contribution in [2.24, 2.45) is 0 Å². The maximum absolute atomic E-state index is 5.79. The van der Waals surface area contributed by atoms with Crippen LogP contribution in [0.4, 0.5) is 5.82 Å². The first kappa shape index (κ1) is 10.6. The van der Waals surface area contributed by atoms with Gasteiger partial charge in [0.05, 0.1) is 0 Å². The monoisotopic (exact) mass is 213 g/mol. The summed E-state index contributed by atoms with van der Waals surface area (Å²) in [4.78, 5) is 8.61. The first-order chi connectivity index (χ1) is 7.58. The van der Waals surface area contributed by atoms with E-state index in [1.165, 1.54) is 11.1 Å². The van der Waals surface area contributed by atoms with Crippen LogP contribution in [-0.2, 0) is 0 Å². The highest BCUT2D eigenvalue weighted by Gasteiger charge is 2.06. The van der Waals surface area contributed by atoms with Gasteiger partial charge in [-0.1, -0.05) is 23.8 Å². The van der Waals surface area contributed by atoms with Gasteiger partial charge < -0.3 is 5.73 Å². The standard InChI is InChI=1S/C13H15N3/c1-8-4-5-11(9(2)6-8)13-15-7-10(3)12(14)16-13/h4-7H,1-3H3,(H2,14,15,16). The van der Waals surface area contributed by atoms with Crippen molar-refractivity contribution in [2.75, 3.05) is 5.73 Å². The summed E-state index contributed by atoms with van der Waals surface area (Å²) >= 11 is 0. The Kier molecular flexibility index (Phi) is 2.60. The highest BCUT2D eigenvalue weighted by atomic mass is 14.9. The Hall–Kier alpha value is -1.90. The molecule has 0 aliphatic heterocycles. The fourth-order valence-corrected chi connectivity index (χ4v) is 1.65. The lowest BCUT2D eigenvalue weighted by Gasteiger charge is -2.07. The number of nitrogens with zero attached hydrogens (tertiary/aromatic N) is 2. The van der Waals surface area contributed by atoms with Gasteiger partial charge in [0.25, 0.3) is 0 Å². The molecule has 0 saturated heterocycles. The zero-order chi connectivity index (χ0) is 11.7. The number of benzene rings is 1. The minimum absolute atomic E-state index is 0.546. The molecule has 1 aromatic heterocycles. The molecule has 2 rings (SSSR count). The Morgan fingerprint density at radius 1 is 1.06 bits per heavy atom. The Bertz CT molecular complexity index is 533. The van der Waals surface area contributed by atoms with E-state index in [1.807, 2.05) is 13.0 Å². The molecule has 0 amide bonds. The van der Waals surface area contributed by atoms with Crippen LogP contribution in [0.3, 0.4) is 0 Å². The Labute approximate surface area is 95.4 Å². The fraction of sp³-hybridized carbons (Fsp3) is 0.231. The molecule has 0 spiro atoms. The van der Waals surface area contributed by atoms with Gasteiger partial charge in [0.1, 0.15) is 5.82 Å². The average molecular weight is 213 g/mol. The Balaban J connectivity index is 2.54. The van der Waals surface area contributed by atoms with E-state index in [4.69, 9.17) is 5.73 Å². The van der Waals surface area contributed by atoms with Crippen LogP contribution in [0.15, 0.2) is 24.4 Å². The first-order valence-corrected chi connectivity index (χ1v) is 5.24. The van der Waals surface area contributed by atoms with Crippen molar-refractivity contribution >= 4 is 5.82 Å². The van der Waals surface area contributed by atoms with E-state index in [0.717, 1.165) is 11.1 Å². The average Bonchev–Trinajstić information content (AvgIpc) is 2.22. The second-order valence-electron chi connectivity index (χ2n) is 4.08. The van der Waals surface area contributed by atoms with Gasteiger partial charge in [-0.05, 0) is 26.3 Å². The number of aryl methyl sites for hydroxylation is 3. The quantitative estimate of drug-likeness (QED) is 0.792. The molecule has 0 saturated carbocycles. The van der Waals surface area contributed by atoms with Crippen LogP contribution < -0.4 is 5.73 Å². The van der Waals surface area contributed by atoms with Gasteiger partial charge in [0.2, 0.25) is 0 Å². The number of anilines is 1. The molecule has 0 bridgehead atoms. The SMILES string of the molecule is Cc1ccc(-c2ncc(C)c(N)n2)c(C)c1. The maximum Gasteiger partial charge on any atom is 0.161 e. The number of hydrogen-bond donors (Lipinski definition) is 1. The number of nitrogens with two attached hydrogens (primary N) is 1. The highest BCUT2D eigenvalue weighted by Crippen LogP contribution is 2.21. The Morgan fingerprint density at radius 3 is 2.44 bits per heavy atom. The number of hydrogen-bond acceptors (Lipinski definition) is 3. The normalized spacial score (nSPS) is 10.4. The van der Waals surface area contributed by atoms with E-state index in [2.05, 4.69) is 35.9 Å². The third-order valence-corrected chi connectivity index (χ3v) is 2.63. The lowest BCUT2D eigenvalue weighted by Crippen LogP contribution is -1.99. The minimum Gasteiger partial charge on any atom is -0.383 e. The molecule has 0 aliphatic carbocycles. The van der Waals surface area contributed by atoms with Gasteiger partial charge in [0, 0.05) is 17.3 Å². The molecule has 3 heteroatoms. The third-order valence-electron chi connectivity index (χ3n) is 2.63. The smallest absolute Gasteiger partial charge is 0.161 e. The van der Waals surface area contributed by atoms with Crippen LogP contribution in [0.25, 0.3) is 11.4 Å². The van der Waals surface area contributed by atoms with Crippen LogP contribution in [0.5, 0.6) is 0 Å². The fourth-order valence-electron chi connectivity index (χ4n) is 1.65. The van der Waals surface area contributed by atoms with Crippen molar-refractivity contribution in [3.63, 3.8) is 0 Å². The summed E-state index contributed by atoms with van der Waals surface area (Å²) in [7, 11) is 0. The van der Waals surface area contributed by atoms with Crippen LogP contribution in [-0.4, -0.2) is 9.97 Å². The molecule has 0 aliphatic rings.